The lowest BCUT2D eigenvalue weighted by atomic mass is 10.1. The van der Waals surface area contributed by atoms with Crippen molar-refractivity contribution in [1.29, 1.82) is 0 Å². The van der Waals surface area contributed by atoms with Crippen LogP contribution in [0.25, 0.3) is 5.69 Å². The molecule has 0 aliphatic carbocycles. The van der Waals surface area contributed by atoms with Gasteiger partial charge in [0.2, 0.25) is 0 Å². The van der Waals surface area contributed by atoms with E-state index < -0.39 is 0 Å². The van der Waals surface area contributed by atoms with Crippen LogP contribution in [0.3, 0.4) is 0 Å². The molecule has 0 unspecified atom stereocenters. The fourth-order valence-electron chi connectivity index (χ4n) is 3.65. The lowest BCUT2D eigenvalue weighted by molar-refractivity contribution is 0.0384. The average molecular weight is 440 g/mol. The molecular formula is C24H26ClN3O3. The van der Waals surface area contributed by atoms with Crippen molar-refractivity contribution in [3.05, 3.63) is 77.1 Å². The Morgan fingerprint density at radius 3 is 2.52 bits per heavy atom. The number of benzene rings is 2. The maximum Gasteiger partial charge on any atom is 0.259 e. The number of carbonyl (C=O) groups excluding carboxylic acids is 1. The first kappa shape index (κ1) is 21.4. The number of morpholine rings is 1. The summed E-state index contributed by atoms with van der Waals surface area (Å²) in [6.45, 7) is 4.61. The van der Waals surface area contributed by atoms with Gasteiger partial charge in [-0.2, -0.15) is 0 Å². The van der Waals surface area contributed by atoms with Gasteiger partial charge in [-0.25, -0.2) is 0 Å². The average Bonchev–Trinajstić information content (AvgIpc) is 3.34. The molecule has 1 saturated heterocycles. The minimum atomic E-state index is -0.265. The number of carbonyl (C=O) groups is 1. The van der Waals surface area contributed by atoms with Crippen LogP contribution < -0.4 is 10.1 Å². The highest BCUT2D eigenvalue weighted by Crippen LogP contribution is 2.30. The van der Waals surface area contributed by atoms with Gasteiger partial charge >= 0.3 is 0 Å². The smallest absolute Gasteiger partial charge is 0.259 e. The van der Waals surface area contributed by atoms with Gasteiger partial charge < -0.3 is 19.4 Å². The fraction of sp³-hybridized carbons (Fsp3) is 0.292. The zero-order valence-electron chi connectivity index (χ0n) is 17.5. The van der Waals surface area contributed by atoms with Gasteiger partial charge in [0.1, 0.15) is 5.75 Å². The molecule has 2 heterocycles. The summed E-state index contributed by atoms with van der Waals surface area (Å²) in [6.07, 6.45) is 4.75. The summed E-state index contributed by atoms with van der Waals surface area (Å²) in [6, 6.07) is 15.2. The minimum absolute atomic E-state index is 0.265. The van der Waals surface area contributed by atoms with E-state index in [-0.39, 0.29) is 5.91 Å². The second-order valence-corrected chi connectivity index (χ2v) is 7.86. The van der Waals surface area contributed by atoms with Crippen LogP contribution in [0.1, 0.15) is 15.9 Å². The summed E-state index contributed by atoms with van der Waals surface area (Å²) in [5, 5.41) is 3.41. The maximum absolute atomic E-state index is 12.9. The Hall–Kier alpha value is -2.80. The van der Waals surface area contributed by atoms with Crippen LogP contribution in [0.2, 0.25) is 5.02 Å². The highest BCUT2D eigenvalue weighted by Gasteiger charge is 2.17. The van der Waals surface area contributed by atoms with Crippen LogP contribution in [0, 0.1) is 0 Å². The minimum Gasteiger partial charge on any atom is -0.496 e. The standard InChI is InChI=1S/C24H26ClN3O3/c1-30-23-17-22(28-9-2-3-10-28)21(25)16-20(23)24(29)26-19-6-4-18(5-7-19)8-11-27-12-14-31-15-13-27/h2-7,9-10,16-17H,8,11-15H2,1H3,(H,26,29). The molecule has 6 nitrogen and oxygen atoms in total. The molecule has 1 aliphatic heterocycles. The topological polar surface area (TPSA) is 55.7 Å². The van der Waals surface area contributed by atoms with Crippen LogP contribution in [0.4, 0.5) is 5.69 Å². The first-order valence-corrected chi connectivity index (χ1v) is 10.7. The fourth-order valence-corrected chi connectivity index (χ4v) is 3.91. The van der Waals surface area contributed by atoms with E-state index in [1.165, 1.54) is 5.56 Å². The van der Waals surface area contributed by atoms with Gasteiger partial charge in [0.15, 0.2) is 0 Å². The van der Waals surface area contributed by atoms with Crippen LogP contribution in [0.5, 0.6) is 5.75 Å². The number of amides is 1. The molecule has 4 rings (SSSR count). The Balaban J connectivity index is 1.42. The molecular weight excluding hydrogens is 414 g/mol. The zero-order valence-corrected chi connectivity index (χ0v) is 18.3. The molecule has 2 aromatic carbocycles. The number of halogens is 1. The molecule has 1 N–H and O–H groups in total. The largest absolute Gasteiger partial charge is 0.496 e. The number of hydrogen-bond donors (Lipinski definition) is 1. The van der Waals surface area contributed by atoms with Crippen LogP contribution in [0.15, 0.2) is 60.9 Å². The van der Waals surface area contributed by atoms with Crippen LogP contribution in [-0.2, 0) is 11.2 Å². The van der Waals surface area contributed by atoms with E-state index in [9.17, 15) is 4.79 Å². The van der Waals surface area contributed by atoms with E-state index in [0.29, 0.717) is 16.3 Å². The molecule has 0 spiro atoms. The Labute approximate surface area is 187 Å². The Morgan fingerprint density at radius 1 is 1.13 bits per heavy atom. The number of methoxy groups -OCH3 is 1. The van der Waals surface area contributed by atoms with Crippen molar-refractivity contribution < 1.29 is 14.3 Å². The van der Waals surface area contributed by atoms with Crippen molar-refractivity contribution in [2.24, 2.45) is 0 Å². The van der Waals surface area contributed by atoms with Gasteiger partial charge in [0.05, 0.1) is 36.6 Å². The SMILES string of the molecule is COc1cc(-n2cccc2)c(Cl)cc1C(=O)Nc1ccc(CCN2CCOCC2)cc1. The molecule has 1 aliphatic rings. The van der Waals surface area contributed by atoms with Crippen molar-refractivity contribution in [2.45, 2.75) is 6.42 Å². The van der Waals surface area contributed by atoms with Crippen molar-refractivity contribution >= 4 is 23.2 Å². The molecule has 3 aromatic rings. The van der Waals surface area contributed by atoms with E-state index in [1.54, 1.807) is 19.2 Å². The molecule has 7 heteroatoms. The molecule has 0 saturated carbocycles. The quantitative estimate of drug-likeness (QED) is 0.597. The second-order valence-electron chi connectivity index (χ2n) is 7.45. The molecule has 1 amide bonds. The third-order valence-corrected chi connectivity index (χ3v) is 5.73. The third-order valence-electron chi connectivity index (χ3n) is 5.43. The predicted molar refractivity (Wildman–Crippen MR) is 123 cm³/mol. The van der Waals surface area contributed by atoms with Crippen molar-refractivity contribution in [3.63, 3.8) is 0 Å². The highest BCUT2D eigenvalue weighted by molar-refractivity contribution is 6.33. The number of rotatable bonds is 7. The summed E-state index contributed by atoms with van der Waals surface area (Å²) in [4.78, 5) is 15.3. The molecule has 0 atom stereocenters. The van der Waals surface area contributed by atoms with Crippen molar-refractivity contribution in [1.82, 2.24) is 9.47 Å². The number of hydrogen-bond acceptors (Lipinski definition) is 4. The van der Waals surface area contributed by atoms with E-state index in [1.807, 2.05) is 41.2 Å². The van der Waals surface area contributed by atoms with Gasteiger partial charge in [0.25, 0.3) is 5.91 Å². The van der Waals surface area contributed by atoms with Gasteiger partial charge in [-0.15, -0.1) is 0 Å². The summed E-state index contributed by atoms with van der Waals surface area (Å²) in [7, 11) is 1.54. The molecule has 162 valence electrons. The van der Waals surface area contributed by atoms with E-state index in [2.05, 4.69) is 22.3 Å². The van der Waals surface area contributed by atoms with Gasteiger partial charge in [0, 0.05) is 43.8 Å². The Morgan fingerprint density at radius 2 is 1.84 bits per heavy atom. The zero-order chi connectivity index (χ0) is 21.6. The normalized spacial score (nSPS) is 14.4. The van der Waals surface area contributed by atoms with E-state index in [4.69, 9.17) is 21.1 Å². The van der Waals surface area contributed by atoms with E-state index in [0.717, 1.165) is 50.6 Å². The van der Waals surface area contributed by atoms with Crippen LogP contribution >= 0.6 is 11.6 Å². The number of nitrogens with one attached hydrogen (secondary N) is 1. The molecule has 0 bridgehead atoms. The molecule has 1 fully saturated rings. The number of nitrogens with zero attached hydrogens (tertiary/aromatic N) is 2. The highest BCUT2D eigenvalue weighted by atomic mass is 35.5. The van der Waals surface area contributed by atoms with E-state index >= 15 is 0 Å². The summed E-state index contributed by atoms with van der Waals surface area (Å²) < 4.78 is 12.7. The number of ether oxygens (including phenoxy) is 2. The summed E-state index contributed by atoms with van der Waals surface area (Å²) in [5.41, 5.74) is 3.11. The summed E-state index contributed by atoms with van der Waals surface area (Å²) in [5.74, 6) is 0.201. The van der Waals surface area contributed by atoms with Crippen molar-refractivity contribution in [3.8, 4) is 11.4 Å². The second kappa shape index (κ2) is 10.0. The van der Waals surface area contributed by atoms with Gasteiger partial charge in [-0.3, -0.25) is 9.69 Å². The van der Waals surface area contributed by atoms with Crippen LogP contribution in [-0.4, -0.2) is 55.3 Å². The van der Waals surface area contributed by atoms with Gasteiger partial charge in [-0.05, 0) is 42.3 Å². The lowest BCUT2D eigenvalue weighted by Gasteiger charge is -2.26. The maximum atomic E-state index is 12.9. The first-order chi connectivity index (χ1) is 15.1. The first-order valence-electron chi connectivity index (χ1n) is 10.4. The monoisotopic (exact) mass is 439 g/mol. The summed E-state index contributed by atoms with van der Waals surface area (Å²) >= 11 is 6.45. The third kappa shape index (κ3) is 5.28. The number of aromatic nitrogens is 1. The molecule has 31 heavy (non-hydrogen) atoms. The Bertz CT molecular complexity index is 1010. The number of anilines is 1. The van der Waals surface area contributed by atoms with Gasteiger partial charge in [-0.1, -0.05) is 23.7 Å². The Kier molecular flexibility index (Phi) is 6.92. The molecule has 0 radical (unpaired) electrons. The lowest BCUT2D eigenvalue weighted by Crippen LogP contribution is -2.37. The molecule has 1 aromatic heterocycles. The van der Waals surface area contributed by atoms with Crippen molar-refractivity contribution in [2.75, 3.05) is 45.3 Å². The predicted octanol–water partition coefficient (Wildman–Crippen LogP) is 4.27.